The number of fused-ring (bicyclic) bond motifs is 1. The molecule has 0 fully saturated rings. The second-order valence-corrected chi connectivity index (χ2v) is 6.64. The maximum absolute atomic E-state index is 12.5. The number of carbonyl (C=O) groups excluding carboxylic acids is 1. The first-order chi connectivity index (χ1) is 13.7. The maximum Gasteiger partial charge on any atom is 0.257 e. The Labute approximate surface area is 168 Å². The van der Waals surface area contributed by atoms with Crippen LogP contribution in [0.3, 0.4) is 0 Å². The van der Waals surface area contributed by atoms with Gasteiger partial charge in [0.25, 0.3) is 5.91 Å². The number of thiocarbonyl (C=S) groups is 1. The van der Waals surface area contributed by atoms with Crippen LogP contribution in [0, 0.1) is 0 Å². The Hall–Kier alpha value is -3.57. The van der Waals surface area contributed by atoms with Gasteiger partial charge in [0, 0.05) is 22.8 Å². The first-order valence-electron chi connectivity index (χ1n) is 8.82. The molecule has 136 valence electrons. The smallest absolute Gasteiger partial charge is 0.257 e. The fourth-order valence-electron chi connectivity index (χ4n) is 2.99. The third-order valence-electron chi connectivity index (χ3n) is 4.38. The number of pyridine rings is 1. The van der Waals surface area contributed by atoms with E-state index in [0.717, 1.165) is 27.7 Å². The number of anilines is 1. The Morgan fingerprint density at radius 3 is 2.32 bits per heavy atom. The van der Waals surface area contributed by atoms with E-state index in [1.54, 1.807) is 18.3 Å². The Morgan fingerprint density at radius 1 is 0.786 bits per heavy atom. The first-order valence-corrected chi connectivity index (χ1v) is 9.23. The van der Waals surface area contributed by atoms with Gasteiger partial charge in [-0.25, -0.2) is 0 Å². The van der Waals surface area contributed by atoms with E-state index in [2.05, 4.69) is 15.6 Å². The van der Waals surface area contributed by atoms with Gasteiger partial charge >= 0.3 is 0 Å². The van der Waals surface area contributed by atoms with E-state index in [0.29, 0.717) is 5.56 Å². The van der Waals surface area contributed by atoms with Crippen LogP contribution in [0.2, 0.25) is 0 Å². The largest absolute Gasteiger partial charge is 0.332 e. The zero-order valence-electron chi connectivity index (χ0n) is 14.9. The predicted molar refractivity (Wildman–Crippen MR) is 117 cm³/mol. The molecule has 0 aliphatic heterocycles. The number of hydrogen-bond acceptors (Lipinski definition) is 3. The first kappa shape index (κ1) is 17.8. The van der Waals surface area contributed by atoms with Crippen molar-refractivity contribution >= 4 is 39.8 Å². The van der Waals surface area contributed by atoms with Crippen LogP contribution < -0.4 is 10.6 Å². The lowest BCUT2D eigenvalue weighted by Gasteiger charge is -2.12. The van der Waals surface area contributed by atoms with Crippen molar-refractivity contribution in [2.45, 2.75) is 0 Å². The highest BCUT2D eigenvalue weighted by Gasteiger charge is 2.09. The number of hydrogen-bond donors (Lipinski definition) is 2. The van der Waals surface area contributed by atoms with Gasteiger partial charge in [-0.15, -0.1) is 0 Å². The van der Waals surface area contributed by atoms with Crippen LogP contribution in [0.4, 0.5) is 5.69 Å². The van der Waals surface area contributed by atoms with E-state index in [1.165, 1.54) is 0 Å². The molecule has 0 spiro atoms. The third-order valence-corrected chi connectivity index (χ3v) is 4.58. The maximum atomic E-state index is 12.5. The summed E-state index contributed by atoms with van der Waals surface area (Å²) in [6.07, 6.45) is 1.74. The molecule has 0 unspecified atom stereocenters. The topological polar surface area (TPSA) is 54.0 Å². The minimum atomic E-state index is -0.254. The molecule has 28 heavy (non-hydrogen) atoms. The molecule has 1 aromatic heterocycles. The monoisotopic (exact) mass is 383 g/mol. The highest BCUT2D eigenvalue weighted by molar-refractivity contribution is 7.80. The van der Waals surface area contributed by atoms with Gasteiger partial charge in [-0.2, -0.15) is 0 Å². The van der Waals surface area contributed by atoms with E-state index in [-0.39, 0.29) is 11.0 Å². The van der Waals surface area contributed by atoms with Crippen LogP contribution in [-0.2, 0) is 0 Å². The zero-order chi connectivity index (χ0) is 19.3. The quantitative estimate of drug-likeness (QED) is 0.487. The van der Waals surface area contributed by atoms with Gasteiger partial charge in [0.2, 0.25) is 0 Å². The van der Waals surface area contributed by atoms with Gasteiger partial charge < -0.3 is 5.32 Å². The van der Waals surface area contributed by atoms with Gasteiger partial charge in [0.15, 0.2) is 5.11 Å². The van der Waals surface area contributed by atoms with Crippen LogP contribution >= 0.6 is 12.2 Å². The van der Waals surface area contributed by atoms with Gasteiger partial charge in [-0.1, -0.05) is 48.5 Å². The predicted octanol–water partition coefficient (Wildman–Crippen LogP) is 5.03. The number of nitrogens with zero attached hydrogens (tertiary/aromatic N) is 1. The number of benzene rings is 3. The molecule has 4 nitrogen and oxygen atoms in total. The summed E-state index contributed by atoms with van der Waals surface area (Å²) in [5.74, 6) is -0.254. The van der Waals surface area contributed by atoms with E-state index < -0.39 is 0 Å². The van der Waals surface area contributed by atoms with Crippen molar-refractivity contribution in [2.24, 2.45) is 0 Å². The molecule has 0 bridgehead atoms. The number of rotatable bonds is 3. The van der Waals surface area contributed by atoms with E-state index in [9.17, 15) is 4.79 Å². The molecule has 4 aromatic rings. The fourth-order valence-corrected chi connectivity index (χ4v) is 3.19. The fraction of sp³-hybridized carbons (Fsp3) is 0. The molecular formula is C23H17N3OS. The van der Waals surface area contributed by atoms with Gasteiger partial charge in [-0.3, -0.25) is 15.1 Å². The minimum Gasteiger partial charge on any atom is -0.332 e. The van der Waals surface area contributed by atoms with Crippen LogP contribution in [0.25, 0.3) is 22.0 Å². The summed E-state index contributed by atoms with van der Waals surface area (Å²) in [4.78, 5) is 16.8. The van der Waals surface area contributed by atoms with Gasteiger partial charge in [0.05, 0.1) is 5.52 Å². The molecule has 0 radical (unpaired) electrons. The summed E-state index contributed by atoms with van der Waals surface area (Å²) >= 11 is 5.31. The average molecular weight is 383 g/mol. The number of aromatic nitrogens is 1. The van der Waals surface area contributed by atoms with E-state index in [1.807, 2.05) is 72.8 Å². The summed E-state index contributed by atoms with van der Waals surface area (Å²) in [7, 11) is 0. The molecule has 0 saturated heterocycles. The van der Waals surface area contributed by atoms with Crippen molar-refractivity contribution in [2.75, 3.05) is 5.32 Å². The lowest BCUT2D eigenvalue weighted by molar-refractivity contribution is 0.0978. The summed E-state index contributed by atoms with van der Waals surface area (Å²) < 4.78 is 0. The normalized spacial score (nSPS) is 10.4. The summed E-state index contributed by atoms with van der Waals surface area (Å²) in [5.41, 5.74) is 4.37. The van der Waals surface area contributed by atoms with E-state index in [4.69, 9.17) is 12.2 Å². The third kappa shape index (κ3) is 3.89. The average Bonchev–Trinajstić information content (AvgIpc) is 2.75. The lowest BCUT2D eigenvalue weighted by Crippen LogP contribution is -2.34. The van der Waals surface area contributed by atoms with Crippen molar-refractivity contribution in [3.8, 4) is 11.1 Å². The standard InChI is InChI=1S/C23H17N3OS/c27-22(18-13-11-17(12-14-18)16-6-2-1-3-7-16)26-23(28)25-21-10-4-9-20-19(21)8-5-15-24-20/h1-15H,(H2,25,26,27,28). The van der Waals surface area contributed by atoms with Crippen molar-refractivity contribution < 1.29 is 4.79 Å². The summed E-state index contributed by atoms with van der Waals surface area (Å²) in [6.45, 7) is 0. The molecule has 3 aromatic carbocycles. The number of amides is 1. The highest BCUT2D eigenvalue weighted by atomic mass is 32.1. The lowest BCUT2D eigenvalue weighted by atomic mass is 10.0. The molecule has 1 amide bonds. The van der Waals surface area contributed by atoms with Gasteiger partial charge in [0.1, 0.15) is 0 Å². The van der Waals surface area contributed by atoms with Crippen LogP contribution in [-0.4, -0.2) is 16.0 Å². The molecular weight excluding hydrogens is 366 g/mol. The molecule has 0 saturated carbocycles. The van der Waals surface area contributed by atoms with Crippen LogP contribution in [0.5, 0.6) is 0 Å². The van der Waals surface area contributed by atoms with Crippen molar-refractivity contribution in [1.29, 1.82) is 0 Å². The second-order valence-electron chi connectivity index (χ2n) is 6.23. The van der Waals surface area contributed by atoms with Gasteiger partial charge in [-0.05, 0) is 59.7 Å². The molecule has 2 N–H and O–H groups in total. The van der Waals surface area contributed by atoms with Crippen molar-refractivity contribution in [3.05, 3.63) is 96.7 Å². The van der Waals surface area contributed by atoms with Crippen LogP contribution in [0.1, 0.15) is 10.4 Å². The Bertz CT molecular complexity index is 1140. The van der Waals surface area contributed by atoms with Crippen LogP contribution in [0.15, 0.2) is 91.1 Å². The molecule has 0 aliphatic rings. The SMILES string of the molecule is O=C(NC(=S)Nc1cccc2ncccc12)c1ccc(-c2ccccc2)cc1. The number of nitrogens with one attached hydrogen (secondary N) is 2. The molecule has 0 aliphatic carbocycles. The zero-order valence-corrected chi connectivity index (χ0v) is 15.7. The number of carbonyl (C=O) groups is 1. The van der Waals surface area contributed by atoms with E-state index >= 15 is 0 Å². The Kier molecular flexibility index (Phi) is 5.08. The minimum absolute atomic E-state index is 0.244. The van der Waals surface area contributed by atoms with Crippen molar-refractivity contribution in [3.63, 3.8) is 0 Å². The molecule has 0 atom stereocenters. The van der Waals surface area contributed by atoms with Crippen molar-refractivity contribution in [1.82, 2.24) is 10.3 Å². The Morgan fingerprint density at radius 2 is 1.54 bits per heavy atom. The Balaban J connectivity index is 1.45. The second kappa shape index (κ2) is 7.98. The highest BCUT2D eigenvalue weighted by Crippen LogP contribution is 2.21. The molecule has 4 rings (SSSR count). The summed E-state index contributed by atoms with van der Waals surface area (Å²) in [5, 5.41) is 6.99. The molecule has 5 heteroatoms. The summed E-state index contributed by atoms with van der Waals surface area (Å²) in [6, 6.07) is 27.0. The molecule has 1 heterocycles.